The number of carbonyl (C=O) groups is 1. The monoisotopic (exact) mass is 278 g/mol. The van der Waals surface area contributed by atoms with Gasteiger partial charge in [-0.1, -0.05) is 30.3 Å². The minimum atomic E-state index is -1.41. The van der Waals surface area contributed by atoms with Gasteiger partial charge in [-0.2, -0.15) is 0 Å². The van der Waals surface area contributed by atoms with Crippen LogP contribution in [0.5, 0.6) is 0 Å². The van der Waals surface area contributed by atoms with Crippen LogP contribution in [0.1, 0.15) is 24.5 Å². The van der Waals surface area contributed by atoms with Crippen LogP contribution in [0, 0.1) is 0 Å². The van der Waals surface area contributed by atoms with E-state index in [0.29, 0.717) is 5.56 Å². The Morgan fingerprint density at radius 2 is 2.05 bits per heavy atom. The Balaban J connectivity index is 0.000000149. The lowest BCUT2D eigenvalue weighted by Crippen LogP contribution is -2.47. The average molecular weight is 278 g/mol. The summed E-state index contributed by atoms with van der Waals surface area (Å²) in [6.45, 7) is 5.08. The number of hydrogen-bond donors (Lipinski definition) is 3. The van der Waals surface area contributed by atoms with E-state index in [1.54, 1.807) is 30.3 Å². The molecule has 0 spiro atoms. The smallest absolute Gasteiger partial charge is 0.337 e. The van der Waals surface area contributed by atoms with Gasteiger partial charge in [-0.25, -0.2) is 4.79 Å². The Kier molecular flexibility index (Phi) is 5.52. The van der Waals surface area contributed by atoms with Crippen molar-refractivity contribution in [2.24, 2.45) is 0 Å². The van der Waals surface area contributed by atoms with Gasteiger partial charge in [0.2, 0.25) is 0 Å². The highest BCUT2D eigenvalue weighted by Gasteiger charge is 2.25. The van der Waals surface area contributed by atoms with E-state index in [2.05, 4.69) is 10.2 Å². The molecular formula is C15H22N2O3. The first kappa shape index (κ1) is 15.0. The zero-order chi connectivity index (χ0) is 14.4. The molecule has 0 radical (unpaired) electrons. The Labute approximate surface area is 119 Å². The number of rotatable bonds is 2. The molecule has 0 unspecified atom stereocenters. The summed E-state index contributed by atoms with van der Waals surface area (Å²) in [6.07, 6.45) is 1.44. The highest BCUT2D eigenvalue weighted by Crippen LogP contribution is 2.17. The number of hydrogen-bond acceptors (Lipinski definition) is 4. The van der Waals surface area contributed by atoms with Gasteiger partial charge in [-0.3, -0.25) is 4.90 Å². The van der Waals surface area contributed by atoms with E-state index >= 15 is 0 Å². The van der Waals surface area contributed by atoms with Gasteiger partial charge in [0.25, 0.3) is 0 Å². The Bertz CT molecular complexity index is 412. The molecular weight excluding hydrogens is 256 g/mol. The van der Waals surface area contributed by atoms with Gasteiger partial charge in [0.15, 0.2) is 6.10 Å². The lowest BCUT2D eigenvalue weighted by Gasteiger charge is -2.29. The van der Waals surface area contributed by atoms with Gasteiger partial charge in [0.05, 0.1) is 0 Å². The molecule has 1 aromatic carbocycles. The van der Waals surface area contributed by atoms with Gasteiger partial charge in [0.1, 0.15) is 0 Å². The van der Waals surface area contributed by atoms with Crippen LogP contribution in [0.25, 0.3) is 0 Å². The second-order valence-corrected chi connectivity index (χ2v) is 5.19. The number of carboxylic acids is 1. The van der Waals surface area contributed by atoms with Crippen molar-refractivity contribution >= 4 is 5.97 Å². The van der Waals surface area contributed by atoms with Crippen LogP contribution in [0.3, 0.4) is 0 Å². The standard InChI is InChI=1S/C8H8O3.C7H14N2/c9-7(8(10)11)6-4-2-1-3-5-6;1-2-7-6-8-3-5-9(7)4-1/h1-5,7,9H,(H,10,11);7-8H,1-6H2/t2*7-/m11/s1. The van der Waals surface area contributed by atoms with E-state index < -0.39 is 12.1 Å². The molecule has 0 aliphatic carbocycles. The van der Waals surface area contributed by atoms with Crippen molar-refractivity contribution in [1.82, 2.24) is 10.2 Å². The number of aliphatic hydroxyl groups excluding tert-OH is 1. The average Bonchev–Trinajstić information content (AvgIpc) is 2.96. The zero-order valence-corrected chi connectivity index (χ0v) is 11.5. The molecule has 3 N–H and O–H groups in total. The van der Waals surface area contributed by atoms with Crippen LogP contribution in [-0.2, 0) is 4.79 Å². The van der Waals surface area contributed by atoms with E-state index in [9.17, 15) is 4.79 Å². The number of aliphatic hydroxyl groups is 1. The van der Waals surface area contributed by atoms with E-state index in [1.807, 2.05) is 0 Å². The van der Waals surface area contributed by atoms with Gasteiger partial charge >= 0.3 is 5.97 Å². The van der Waals surface area contributed by atoms with Crippen LogP contribution in [0.4, 0.5) is 0 Å². The van der Waals surface area contributed by atoms with Gasteiger partial charge in [-0.15, -0.1) is 0 Å². The van der Waals surface area contributed by atoms with Crippen LogP contribution in [0.2, 0.25) is 0 Å². The predicted octanol–water partition coefficient (Wildman–Crippen LogP) is 0.859. The highest BCUT2D eigenvalue weighted by atomic mass is 16.4. The Morgan fingerprint density at radius 3 is 2.70 bits per heavy atom. The maximum absolute atomic E-state index is 10.2. The summed E-state index contributed by atoms with van der Waals surface area (Å²) in [6, 6.07) is 9.15. The molecule has 5 heteroatoms. The summed E-state index contributed by atoms with van der Waals surface area (Å²) < 4.78 is 0. The van der Waals surface area contributed by atoms with Crippen LogP contribution < -0.4 is 5.32 Å². The molecule has 0 aromatic heterocycles. The minimum Gasteiger partial charge on any atom is -0.479 e. The van der Waals surface area contributed by atoms with Gasteiger partial charge in [-0.05, 0) is 24.9 Å². The minimum absolute atomic E-state index is 0.403. The first-order chi connectivity index (χ1) is 9.68. The van der Waals surface area contributed by atoms with Gasteiger partial charge < -0.3 is 15.5 Å². The second-order valence-electron chi connectivity index (χ2n) is 5.19. The Hall–Kier alpha value is -1.43. The molecule has 2 aliphatic rings. The van der Waals surface area contributed by atoms with E-state index in [-0.39, 0.29) is 0 Å². The topological polar surface area (TPSA) is 72.8 Å². The second kappa shape index (κ2) is 7.38. The van der Waals surface area contributed by atoms with Crippen molar-refractivity contribution in [1.29, 1.82) is 0 Å². The number of benzene rings is 1. The fraction of sp³-hybridized carbons (Fsp3) is 0.533. The molecule has 2 aliphatic heterocycles. The molecule has 2 saturated heterocycles. The summed E-state index contributed by atoms with van der Waals surface area (Å²) in [5, 5.41) is 20.8. The van der Waals surface area contributed by atoms with E-state index in [4.69, 9.17) is 10.2 Å². The third-order valence-corrected chi connectivity index (χ3v) is 3.80. The normalized spacial score (nSPS) is 23.4. The number of fused-ring (bicyclic) bond motifs is 1. The number of nitrogens with one attached hydrogen (secondary N) is 1. The molecule has 5 nitrogen and oxygen atoms in total. The van der Waals surface area contributed by atoms with E-state index in [0.717, 1.165) is 6.04 Å². The molecule has 0 amide bonds. The summed E-state index contributed by atoms with van der Waals surface area (Å²) in [5.41, 5.74) is 0.403. The summed E-state index contributed by atoms with van der Waals surface area (Å²) in [7, 11) is 0. The predicted molar refractivity (Wildman–Crippen MR) is 76.5 cm³/mol. The van der Waals surface area contributed by atoms with Crippen molar-refractivity contribution in [2.45, 2.75) is 25.0 Å². The van der Waals surface area contributed by atoms with E-state index in [1.165, 1.54) is 39.0 Å². The first-order valence-corrected chi connectivity index (χ1v) is 7.09. The number of piperazine rings is 1. The SMILES string of the molecule is C1C[C@@H]2CNCCN2C1.O=C(O)[C@H](O)c1ccccc1. The molecule has 3 rings (SSSR count). The molecule has 110 valence electrons. The molecule has 2 atom stereocenters. The Morgan fingerprint density at radius 1 is 1.30 bits per heavy atom. The quantitative estimate of drug-likeness (QED) is 0.748. The van der Waals surface area contributed by atoms with Crippen molar-refractivity contribution in [2.75, 3.05) is 26.2 Å². The lowest BCUT2D eigenvalue weighted by atomic mass is 10.1. The highest BCUT2D eigenvalue weighted by molar-refractivity contribution is 5.73. The zero-order valence-electron chi connectivity index (χ0n) is 11.5. The van der Waals surface area contributed by atoms with Crippen LogP contribution in [0.15, 0.2) is 30.3 Å². The fourth-order valence-electron chi connectivity index (χ4n) is 2.69. The first-order valence-electron chi connectivity index (χ1n) is 7.09. The van der Waals surface area contributed by atoms with Crippen molar-refractivity contribution in [3.63, 3.8) is 0 Å². The van der Waals surface area contributed by atoms with Crippen molar-refractivity contribution < 1.29 is 15.0 Å². The fourth-order valence-corrected chi connectivity index (χ4v) is 2.69. The third-order valence-electron chi connectivity index (χ3n) is 3.80. The summed E-state index contributed by atoms with van der Waals surface area (Å²) in [4.78, 5) is 12.9. The lowest BCUT2D eigenvalue weighted by molar-refractivity contribution is -0.146. The molecule has 2 fully saturated rings. The van der Waals surface area contributed by atoms with Crippen molar-refractivity contribution in [3.05, 3.63) is 35.9 Å². The van der Waals surface area contributed by atoms with Crippen LogP contribution in [-0.4, -0.2) is 53.3 Å². The molecule has 0 saturated carbocycles. The summed E-state index contributed by atoms with van der Waals surface area (Å²) >= 11 is 0. The van der Waals surface area contributed by atoms with Gasteiger partial charge in [0, 0.05) is 25.7 Å². The molecule has 0 bridgehead atoms. The number of nitrogens with zero attached hydrogens (tertiary/aromatic N) is 1. The molecule has 1 aromatic rings. The molecule has 20 heavy (non-hydrogen) atoms. The maximum atomic E-state index is 10.2. The maximum Gasteiger partial charge on any atom is 0.337 e. The number of carboxylic acid groups (broad SMARTS) is 1. The largest absolute Gasteiger partial charge is 0.479 e. The van der Waals surface area contributed by atoms with Crippen LogP contribution >= 0.6 is 0 Å². The number of aliphatic carboxylic acids is 1. The van der Waals surface area contributed by atoms with Crippen molar-refractivity contribution in [3.8, 4) is 0 Å². The molecule has 2 heterocycles. The third kappa shape index (κ3) is 4.03. The summed E-state index contributed by atoms with van der Waals surface area (Å²) in [5.74, 6) is -1.23.